The number of imidazole rings is 1. The predicted molar refractivity (Wildman–Crippen MR) is 127 cm³/mol. The van der Waals surface area contributed by atoms with Gasteiger partial charge in [-0.2, -0.15) is 0 Å². The van der Waals surface area contributed by atoms with Gasteiger partial charge in [-0.05, 0) is 52.2 Å². The summed E-state index contributed by atoms with van der Waals surface area (Å²) in [5.41, 5.74) is 2.33. The van der Waals surface area contributed by atoms with Crippen molar-refractivity contribution < 1.29 is 4.74 Å². The first-order chi connectivity index (χ1) is 13.0. The highest BCUT2D eigenvalue weighted by Crippen LogP contribution is 2.21. The minimum Gasteiger partial charge on any atom is -0.491 e. The SMILES string of the molecule is CN=C(NCCCCn1ccnc1C)NCc1ccc(C)cc1OC(C)C.I. The smallest absolute Gasteiger partial charge is 0.191 e. The largest absolute Gasteiger partial charge is 0.491 e. The van der Waals surface area contributed by atoms with Crippen LogP contribution in [0.4, 0.5) is 0 Å². The van der Waals surface area contributed by atoms with Crippen molar-refractivity contribution in [2.24, 2.45) is 4.99 Å². The van der Waals surface area contributed by atoms with Crippen molar-refractivity contribution >= 4 is 29.9 Å². The summed E-state index contributed by atoms with van der Waals surface area (Å²) in [6.45, 7) is 10.8. The summed E-state index contributed by atoms with van der Waals surface area (Å²) in [6.07, 6.45) is 6.21. The molecule has 0 aliphatic heterocycles. The van der Waals surface area contributed by atoms with Gasteiger partial charge in [-0.25, -0.2) is 4.98 Å². The molecule has 0 aliphatic rings. The minimum absolute atomic E-state index is 0. The first-order valence-electron chi connectivity index (χ1n) is 9.68. The number of nitrogens with one attached hydrogen (secondary N) is 2. The molecule has 1 heterocycles. The molecular formula is C21H34IN5O. The molecule has 0 radical (unpaired) electrons. The van der Waals surface area contributed by atoms with Crippen LogP contribution < -0.4 is 15.4 Å². The maximum atomic E-state index is 5.94. The summed E-state index contributed by atoms with van der Waals surface area (Å²) in [7, 11) is 1.80. The van der Waals surface area contributed by atoms with E-state index in [-0.39, 0.29) is 30.1 Å². The van der Waals surface area contributed by atoms with E-state index in [0.29, 0.717) is 6.54 Å². The number of halogens is 1. The van der Waals surface area contributed by atoms with Gasteiger partial charge in [0, 0.05) is 44.6 Å². The Morgan fingerprint density at radius 1 is 1.21 bits per heavy atom. The van der Waals surface area contributed by atoms with Gasteiger partial charge in [0.15, 0.2) is 5.96 Å². The summed E-state index contributed by atoms with van der Waals surface area (Å²) in [5.74, 6) is 2.81. The second-order valence-corrected chi connectivity index (χ2v) is 7.01. The molecule has 2 N–H and O–H groups in total. The summed E-state index contributed by atoms with van der Waals surface area (Å²) in [5, 5.41) is 6.76. The molecule has 1 aromatic heterocycles. The first-order valence-corrected chi connectivity index (χ1v) is 9.68. The molecule has 2 aromatic rings. The molecule has 28 heavy (non-hydrogen) atoms. The third-order valence-electron chi connectivity index (χ3n) is 4.30. The lowest BCUT2D eigenvalue weighted by Gasteiger charge is -2.17. The number of hydrogen-bond acceptors (Lipinski definition) is 3. The zero-order valence-electron chi connectivity index (χ0n) is 17.7. The molecule has 0 bridgehead atoms. The minimum atomic E-state index is 0. The fourth-order valence-corrected chi connectivity index (χ4v) is 2.82. The molecule has 0 aliphatic carbocycles. The molecule has 0 fully saturated rings. The van der Waals surface area contributed by atoms with Crippen molar-refractivity contribution in [2.75, 3.05) is 13.6 Å². The Balaban J connectivity index is 0.00000392. The van der Waals surface area contributed by atoms with Crippen LogP contribution in [-0.2, 0) is 13.1 Å². The highest BCUT2D eigenvalue weighted by Gasteiger charge is 2.07. The van der Waals surface area contributed by atoms with E-state index in [0.717, 1.165) is 49.0 Å². The van der Waals surface area contributed by atoms with Crippen LogP contribution >= 0.6 is 24.0 Å². The molecule has 0 amide bonds. The van der Waals surface area contributed by atoms with E-state index < -0.39 is 0 Å². The van der Waals surface area contributed by atoms with Crippen LogP contribution in [0.1, 0.15) is 43.6 Å². The van der Waals surface area contributed by atoms with E-state index in [4.69, 9.17) is 4.74 Å². The van der Waals surface area contributed by atoms with Crippen LogP contribution in [0.2, 0.25) is 0 Å². The summed E-state index contributed by atoms with van der Waals surface area (Å²) in [6, 6.07) is 6.31. The second-order valence-electron chi connectivity index (χ2n) is 7.01. The van der Waals surface area contributed by atoms with Gasteiger partial charge in [0.2, 0.25) is 0 Å². The topological polar surface area (TPSA) is 63.5 Å². The molecule has 0 unspecified atom stereocenters. The number of rotatable bonds is 9. The van der Waals surface area contributed by atoms with E-state index in [1.54, 1.807) is 7.05 Å². The van der Waals surface area contributed by atoms with Gasteiger partial charge in [0.25, 0.3) is 0 Å². The molecule has 0 saturated heterocycles. The predicted octanol–water partition coefficient (Wildman–Crippen LogP) is 4.05. The zero-order chi connectivity index (χ0) is 19.6. The Morgan fingerprint density at radius 3 is 2.64 bits per heavy atom. The first kappa shape index (κ1) is 24.3. The number of unbranched alkanes of at least 4 members (excludes halogenated alkanes) is 1. The number of nitrogens with zero attached hydrogens (tertiary/aromatic N) is 3. The number of hydrogen-bond donors (Lipinski definition) is 2. The molecule has 0 saturated carbocycles. The monoisotopic (exact) mass is 499 g/mol. The fourth-order valence-electron chi connectivity index (χ4n) is 2.82. The number of benzene rings is 1. The second kappa shape index (κ2) is 12.6. The average Bonchev–Trinajstić information content (AvgIpc) is 3.03. The molecule has 156 valence electrons. The lowest BCUT2D eigenvalue weighted by atomic mass is 10.1. The number of guanidine groups is 1. The number of ether oxygens (including phenoxy) is 1. The molecular weight excluding hydrogens is 465 g/mol. The Hall–Kier alpha value is -1.77. The van der Waals surface area contributed by atoms with E-state index in [1.807, 2.05) is 33.2 Å². The normalized spacial score (nSPS) is 11.3. The van der Waals surface area contributed by atoms with Gasteiger partial charge in [0.1, 0.15) is 11.6 Å². The average molecular weight is 499 g/mol. The number of aliphatic imine (C=N–C) groups is 1. The van der Waals surface area contributed by atoms with Crippen molar-refractivity contribution in [3.8, 4) is 5.75 Å². The standard InChI is InChI=1S/C21H33N5O.HI/c1-16(2)27-20-14-17(3)8-9-19(20)15-25-21(22-5)24-10-6-7-12-26-13-11-23-18(26)4;/h8-9,11,13-14,16H,6-7,10,12,15H2,1-5H3,(H2,22,24,25);1H. The fraction of sp³-hybridized carbons (Fsp3) is 0.524. The Labute approximate surface area is 186 Å². The maximum absolute atomic E-state index is 5.94. The van der Waals surface area contributed by atoms with Gasteiger partial charge < -0.3 is 19.9 Å². The lowest BCUT2D eigenvalue weighted by molar-refractivity contribution is 0.239. The number of aryl methyl sites for hydroxylation is 3. The van der Waals surface area contributed by atoms with Gasteiger partial charge in [0.05, 0.1) is 6.10 Å². The molecule has 0 spiro atoms. The lowest BCUT2D eigenvalue weighted by Crippen LogP contribution is -2.37. The van der Waals surface area contributed by atoms with Crippen molar-refractivity contribution in [3.63, 3.8) is 0 Å². The van der Waals surface area contributed by atoms with Crippen molar-refractivity contribution in [3.05, 3.63) is 47.5 Å². The van der Waals surface area contributed by atoms with Crippen LogP contribution in [0.25, 0.3) is 0 Å². The van der Waals surface area contributed by atoms with Crippen molar-refractivity contribution in [1.29, 1.82) is 0 Å². The van der Waals surface area contributed by atoms with Crippen LogP contribution in [-0.4, -0.2) is 35.2 Å². The van der Waals surface area contributed by atoms with Gasteiger partial charge in [-0.3, -0.25) is 4.99 Å². The van der Waals surface area contributed by atoms with Gasteiger partial charge in [-0.1, -0.05) is 12.1 Å². The zero-order valence-corrected chi connectivity index (χ0v) is 20.0. The number of aromatic nitrogens is 2. The van der Waals surface area contributed by atoms with E-state index in [2.05, 4.69) is 50.3 Å². The van der Waals surface area contributed by atoms with Crippen LogP contribution in [0.15, 0.2) is 35.6 Å². The maximum Gasteiger partial charge on any atom is 0.191 e. The Kier molecular flexibility index (Phi) is 11.0. The molecule has 6 nitrogen and oxygen atoms in total. The third kappa shape index (κ3) is 8.08. The van der Waals surface area contributed by atoms with Gasteiger partial charge in [-0.15, -0.1) is 24.0 Å². The molecule has 7 heteroatoms. The summed E-state index contributed by atoms with van der Waals surface area (Å²) >= 11 is 0. The molecule has 2 rings (SSSR count). The van der Waals surface area contributed by atoms with Gasteiger partial charge >= 0.3 is 0 Å². The van der Waals surface area contributed by atoms with E-state index >= 15 is 0 Å². The van der Waals surface area contributed by atoms with E-state index in [9.17, 15) is 0 Å². The van der Waals surface area contributed by atoms with Crippen molar-refractivity contribution in [1.82, 2.24) is 20.2 Å². The quantitative estimate of drug-likeness (QED) is 0.237. The Bertz CT molecular complexity index is 742. The van der Waals surface area contributed by atoms with Crippen LogP contribution in [0.5, 0.6) is 5.75 Å². The molecule has 1 aromatic carbocycles. The third-order valence-corrected chi connectivity index (χ3v) is 4.30. The summed E-state index contributed by atoms with van der Waals surface area (Å²) in [4.78, 5) is 8.56. The highest BCUT2D eigenvalue weighted by molar-refractivity contribution is 14.0. The van der Waals surface area contributed by atoms with Crippen molar-refractivity contribution in [2.45, 2.75) is 59.7 Å². The molecule has 0 atom stereocenters. The Morgan fingerprint density at radius 2 is 2.00 bits per heavy atom. The van der Waals surface area contributed by atoms with Crippen LogP contribution in [0.3, 0.4) is 0 Å². The highest BCUT2D eigenvalue weighted by atomic mass is 127. The summed E-state index contributed by atoms with van der Waals surface area (Å²) < 4.78 is 8.12. The van der Waals surface area contributed by atoms with E-state index in [1.165, 1.54) is 5.56 Å². The van der Waals surface area contributed by atoms with Crippen LogP contribution in [0, 0.1) is 13.8 Å².